The molecule has 0 aromatic rings. The van der Waals surface area contributed by atoms with E-state index in [1.165, 1.54) is 38.5 Å². The third-order valence-electron chi connectivity index (χ3n) is 7.50. The molecule has 2 heteroatoms. The Morgan fingerprint density at radius 2 is 1.83 bits per heavy atom. The second-order valence-electron chi connectivity index (χ2n) is 9.91. The van der Waals surface area contributed by atoms with Crippen LogP contribution < -0.4 is 0 Å². The summed E-state index contributed by atoms with van der Waals surface area (Å²) in [5.74, 6) is 4.83. The van der Waals surface area contributed by atoms with Crippen molar-refractivity contribution in [3.8, 4) is 12.3 Å². The van der Waals surface area contributed by atoms with Gasteiger partial charge in [-0.05, 0) is 61.1 Å². The summed E-state index contributed by atoms with van der Waals surface area (Å²) in [6, 6.07) is 0. The third-order valence-corrected chi connectivity index (χ3v) is 12.0. The molecule has 5 atom stereocenters. The number of fused-ring (bicyclic) bond motifs is 1. The van der Waals surface area contributed by atoms with Crippen LogP contribution in [0.4, 0.5) is 0 Å². The van der Waals surface area contributed by atoms with Gasteiger partial charge in [0.25, 0.3) is 0 Å². The Morgan fingerprint density at radius 3 is 2.39 bits per heavy atom. The SMILES string of the molecule is C#C[C@@H](C)[C@H]1CCC[C@H]2[C@@H](O[Si](C)(C)C(C)(C)C)CCC[C@@]12C. The Labute approximate surface area is 146 Å². The van der Waals surface area contributed by atoms with Crippen LogP contribution >= 0.6 is 0 Å². The van der Waals surface area contributed by atoms with E-state index in [-0.39, 0.29) is 0 Å². The molecule has 2 rings (SSSR count). The van der Waals surface area contributed by atoms with Crippen LogP contribution in [0.15, 0.2) is 0 Å². The van der Waals surface area contributed by atoms with E-state index in [0.29, 0.717) is 34.3 Å². The maximum atomic E-state index is 6.93. The predicted octanol–water partition coefficient (Wildman–Crippen LogP) is 6.25. The van der Waals surface area contributed by atoms with Crippen molar-refractivity contribution in [3.05, 3.63) is 0 Å². The molecule has 132 valence electrons. The molecule has 0 N–H and O–H groups in total. The zero-order valence-electron chi connectivity index (χ0n) is 16.5. The van der Waals surface area contributed by atoms with Gasteiger partial charge < -0.3 is 4.43 Å². The van der Waals surface area contributed by atoms with Gasteiger partial charge in [0.1, 0.15) is 0 Å². The average molecular weight is 335 g/mol. The van der Waals surface area contributed by atoms with Crippen molar-refractivity contribution in [2.24, 2.45) is 23.2 Å². The Kier molecular flexibility index (Phi) is 5.44. The second-order valence-corrected chi connectivity index (χ2v) is 14.7. The normalized spacial score (nSPS) is 36.9. The molecule has 0 amide bonds. The van der Waals surface area contributed by atoms with Gasteiger partial charge in [-0.15, -0.1) is 12.3 Å². The molecular weight excluding hydrogens is 296 g/mol. The first-order valence-corrected chi connectivity index (χ1v) is 12.6. The average Bonchev–Trinajstić information content (AvgIpc) is 2.44. The Bertz CT molecular complexity index is 455. The van der Waals surface area contributed by atoms with Gasteiger partial charge in [-0.3, -0.25) is 0 Å². The molecule has 0 aromatic carbocycles. The van der Waals surface area contributed by atoms with E-state index in [1.54, 1.807) is 0 Å². The molecule has 0 heterocycles. The molecule has 0 bridgehead atoms. The van der Waals surface area contributed by atoms with Gasteiger partial charge in [0.2, 0.25) is 0 Å². The topological polar surface area (TPSA) is 9.23 Å². The first-order valence-electron chi connectivity index (χ1n) is 9.67. The van der Waals surface area contributed by atoms with Gasteiger partial charge >= 0.3 is 0 Å². The minimum Gasteiger partial charge on any atom is -0.414 e. The van der Waals surface area contributed by atoms with Crippen molar-refractivity contribution in [3.63, 3.8) is 0 Å². The van der Waals surface area contributed by atoms with Crippen molar-refractivity contribution in [2.45, 2.75) is 97.4 Å². The lowest BCUT2D eigenvalue weighted by Gasteiger charge is -2.56. The molecule has 0 spiro atoms. The van der Waals surface area contributed by atoms with Crippen LogP contribution in [0, 0.1) is 35.5 Å². The van der Waals surface area contributed by atoms with Crippen LogP contribution in [-0.4, -0.2) is 14.4 Å². The van der Waals surface area contributed by atoms with Crippen LogP contribution in [0.25, 0.3) is 0 Å². The summed E-state index contributed by atoms with van der Waals surface area (Å²) in [7, 11) is -1.70. The molecule has 0 aromatic heterocycles. The number of hydrogen-bond acceptors (Lipinski definition) is 1. The number of hydrogen-bond donors (Lipinski definition) is 0. The van der Waals surface area contributed by atoms with E-state index < -0.39 is 8.32 Å². The van der Waals surface area contributed by atoms with E-state index in [9.17, 15) is 0 Å². The van der Waals surface area contributed by atoms with Crippen molar-refractivity contribution in [1.82, 2.24) is 0 Å². The highest BCUT2D eigenvalue weighted by atomic mass is 28.4. The summed E-state index contributed by atoms with van der Waals surface area (Å²) in [5, 5.41) is 0.293. The predicted molar refractivity (Wildman–Crippen MR) is 103 cm³/mol. The highest BCUT2D eigenvalue weighted by molar-refractivity contribution is 6.74. The van der Waals surface area contributed by atoms with Gasteiger partial charge in [-0.2, -0.15) is 0 Å². The van der Waals surface area contributed by atoms with Crippen LogP contribution in [0.5, 0.6) is 0 Å². The van der Waals surface area contributed by atoms with E-state index >= 15 is 0 Å². The highest BCUT2D eigenvalue weighted by Gasteiger charge is 2.52. The Morgan fingerprint density at radius 1 is 1.17 bits per heavy atom. The summed E-state index contributed by atoms with van der Waals surface area (Å²) in [5.41, 5.74) is 0.384. The van der Waals surface area contributed by atoms with Crippen molar-refractivity contribution in [1.29, 1.82) is 0 Å². The number of terminal acetylenes is 1. The lowest BCUT2D eigenvalue weighted by molar-refractivity contribution is -0.0804. The lowest BCUT2D eigenvalue weighted by atomic mass is 9.52. The van der Waals surface area contributed by atoms with Gasteiger partial charge in [0.15, 0.2) is 8.32 Å². The van der Waals surface area contributed by atoms with Crippen LogP contribution in [0.3, 0.4) is 0 Å². The van der Waals surface area contributed by atoms with Crippen LogP contribution in [0.1, 0.15) is 73.1 Å². The molecule has 0 radical (unpaired) electrons. The Balaban J connectivity index is 2.23. The number of rotatable bonds is 3. The third kappa shape index (κ3) is 3.56. The molecule has 2 fully saturated rings. The summed E-state index contributed by atoms with van der Waals surface area (Å²) >= 11 is 0. The first-order chi connectivity index (χ1) is 10.5. The smallest absolute Gasteiger partial charge is 0.192 e. The van der Waals surface area contributed by atoms with Crippen molar-refractivity contribution < 1.29 is 4.43 Å². The molecule has 0 saturated heterocycles. The molecule has 2 aliphatic rings. The fraction of sp³-hybridized carbons (Fsp3) is 0.905. The first kappa shape index (κ1) is 19.1. The Hall–Kier alpha value is -0.263. The van der Waals surface area contributed by atoms with Gasteiger partial charge in [0, 0.05) is 12.0 Å². The van der Waals surface area contributed by atoms with E-state index in [0.717, 1.165) is 0 Å². The molecule has 0 unspecified atom stereocenters. The maximum absolute atomic E-state index is 6.93. The zero-order valence-corrected chi connectivity index (χ0v) is 17.5. The summed E-state index contributed by atoms with van der Waals surface area (Å²) < 4.78 is 6.93. The zero-order chi connectivity index (χ0) is 17.5. The molecule has 23 heavy (non-hydrogen) atoms. The fourth-order valence-electron chi connectivity index (χ4n) is 4.99. The van der Waals surface area contributed by atoms with Crippen LogP contribution in [-0.2, 0) is 4.43 Å². The van der Waals surface area contributed by atoms with Gasteiger partial charge in [0.05, 0.1) is 0 Å². The van der Waals surface area contributed by atoms with Crippen LogP contribution in [0.2, 0.25) is 18.1 Å². The second kappa shape index (κ2) is 6.56. The van der Waals surface area contributed by atoms with Crippen molar-refractivity contribution in [2.75, 3.05) is 0 Å². The molecule has 2 saturated carbocycles. The molecular formula is C21H38OSi. The minimum atomic E-state index is -1.70. The highest BCUT2D eigenvalue weighted by Crippen LogP contribution is 2.57. The van der Waals surface area contributed by atoms with Gasteiger partial charge in [-0.1, -0.05) is 47.5 Å². The maximum Gasteiger partial charge on any atom is 0.192 e. The molecule has 1 nitrogen and oxygen atoms in total. The quantitative estimate of drug-likeness (QED) is 0.437. The summed E-state index contributed by atoms with van der Waals surface area (Å²) in [4.78, 5) is 0. The monoisotopic (exact) mass is 334 g/mol. The van der Waals surface area contributed by atoms with E-state index in [4.69, 9.17) is 10.8 Å². The summed E-state index contributed by atoms with van der Waals surface area (Å²) in [6.45, 7) is 16.7. The van der Waals surface area contributed by atoms with Crippen molar-refractivity contribution >= 4 is 8.32 Å². The fourth-order valence-corrected chi connectivity index (χ4v) is 6.38. The molecule has 0 aliphatic heterocycles. The largest absolute Gasteiger partial charge is 0.414 e. The summed E-state index contributed by atoms with van der Waals surface area (Å²) in [6.07, 6.45) is 14.1. The minimum absolute atomic E-state index is 0.293. The van der Waals surface area contributed by atoms with E-state index in [1.807, 2.05) is 0 Å². The lowest BCUT2D eigenvalue weighted by Crippen LogP contribution is -2.54. The standard InChI is InChI=1S/C21H38OSi/c1-9-16(2)17-12-10-13-18-19(14-11-15-21(17,18)6)22-23(7,8)20(3,4)5/h1,16-19H,10-15H2,2-8H3/t16-,17-,18+,19+,21+/m1/s1. The van der Waals surface area contributed by atoms with Gasteiger partial charge in [-0.25, -0.2) is 0 Å². The van der Waals surface area contributed by atoms with E-state index in [2.05, 4.69) is 53.6 Å². The molecule has 2 aliphatic carbocycles.